The van der Waals surface area contributed by atoms with Gasteiger partial charge in [-0.3, -0.25) is 9.78 Å². The molecule has 0 saturated carbocycles. The fourth-order valence-corrected chi connectivity index (χ4v) is 1.69. The van der Waals surface area contributed by atoms with Crippen LogP contribution in [0.15, 0.2) is 12.3 Å². The summed E-state index contributed by atoms with van der Waals surface area (Å²) < 4.78 is 37.2. The van der Waals surface area contributed by atoms with Crippen molar-refractivity contribution >= 4 is 31.2 Å². The number of hydrogen-bond donors (Lipinski definition) is 0. The number of amides is 1. The Morgan fingerprint density at radius 3 is 2.56 bits per heavy atom. The molecule has 0 aromatic carbocycles. The van der Waals surface area contributed by atoms with Crippen LogP contribution in [0.2, 0.25) is 0 Å². The zero-order valence-corrected chi connectivity index (χ0v) is 10.7. The summed E-state index contributed by atoms with van der Waals surface area (Å²) in [5, 5.41) is 0. The van der Waals surface area contributed by atoms with E-state index in [0.29, 0.717) is 30.6 Å². The maximum absolute atomic E-state index is 12.4. The third-order valence-corrected chi connectivity index (χ3v) is 2.55. The van der Waals surface area contributed by atoms with Gasteiger partial charge in [0.05, 0.1) is 5.56 Å². The first-order chi connectivity index (χ1) is 7.50. The third-order valence-electron chi connectivity index (χ3n) is 2.55. The van der Waals surface area contributed by atoms with Gasteiger partial charge in [-0.2, -0.15) is 13.2 Å². The van der Waals surface area contributed by atoms with Gasteiger partial charge in [-0.1, -0.05) is 0 Å². The van der Waals surface area contributed by atoms with Crippen LogP contribution in [0.5, 0.6) is 0 Å². The molecule has 18 heavy (non-hydrogen) atoms. The van der Waals surface area contributed by atoms with E-state index in [1.54, 1.807) is 0 Å². The smallest absolute Gasteiger partial charge is 0.340 e. The van der Waals surface area contributed by atoms with Crippen molar-refractivity contribution in [2.45, 2.75) is 19.1 Å². The van der Waals surface area contributed by atoms with Gasteiger partial charge in [0, 0.05) is 31.4 Å². The van der Waals surface area contributed by atoms with Gasteiger partial charge in [-0.15, -0.1) is 24.8 Å². The molecule has 1 aromatic heterocycles. The van der Waals surface area contributed by atoms with Gasteiger partial charge in [-0.05, 0) is 11.6 Å². The van der Waals surface area contributed by atoms with Crippen LogP contribution in [0, 0.1) is 0 Å². The van der Waals surface area contributed by atoms with Crippen LogP contribution in [-0.2, 0) is 23.9 Å². The van der Waals surface area contributed by atoms with Crippen LogP contribution < -0.4 is 0 Å². The topological polar surface area (TPSA) is 33.2 Å². The first-order valence-electron chi connectivity index (χ1n) is 4.75. The molecule has 0 bridgehead atoms. The van der Waals surface area contributed by atoms with Crippen molar-refractivity contribution in [3.05, 3.63) is 29.1 Å². The molecule has 0 N–H and O–H groups in total. The summed E-state index contributed by atoms with van der Waals surface area (Å²) in [5.74, 6) is 0. The lowest BCUT2D eigenvalue weighted by Crippen LogP contribution is -2.30. The normalized spacial score (nSPS) is 14.1. The molecule has 0 saturated heterocycles. The number of aromatic nitrogens is 1. The van der Waals surface area contributed by atoms with Gasteiger partial charge < -0.3 is 4.90 Å². The highest BCUT2D eigenvalue weighted by Crippen LogP contribution is 2.30. The number of carbonyl (C=O) groups is 1. The van der Waals surface area contributed by atoms with Crippen LogP contribution in [0.4, 0.5) is 13.2 Å². The van der Waals surface area contributed by atoms with Crippen molar-refractivity contribution < 1.29 is 18.0 Å². The van der Waals surface area contributed by atoms with E-state index in [0.717, 1.165) is 12.3 Å². The summed E-state index contributed by atoms with van der Waals surface area (Å²) in [6, 6.07) is 1.07. The molecular weight excluding hydrogens is 292 g/mol. The largest absolute Gasteiger partial charge is 0.417 e. The number of nitrogens with zero attached hydrogens (tertiary/aromatic N) is 2. The molecule has 0 spiro atoms. The number of rotatable bonds is 1. The summed E-state index contributed by atoms with van der Waals surface area (Å²) in [7, 11) is 0. The Bertz CT molecular complexity index is 426. The lowest BCUT2D eigenvalue weighted by atomic mass is 10.0. The Hall–Kier alpha value is -1.01. The molecular formula is C10H11Cl2F3N2O. The van der Waals surface area contributed by atoms with E-state index in [2.05, 4.69) is 4.98 Å². The highest BCUT2D eigenvalue weighted by atomic mass is 35.5. The van der Waals surface area contributed by atoms with Crippen molar-refractivity contribution in [1.29, 1.82) is 0 Å². The van der Waals surface area contributed by atoms with Gasteiger partial charge >= 0.3 is 6.18 Å². The molecule has 0 unspecified atom stereocenters. The first kappa shape index (κ1) is 17.0. The molecule has 8 heteroatoms. The van der Waals surface area contributed by atoms with E-state index in [1.807, 2.05) is 0 Å². The number of hydrogen-bond acceptors (Lipinski definition) is 2. The molecule has 2 rings (SSSR count). The van der Waals surface area contributed by atoms with Crippen molar-refractivity contribution in [3.63, 3.8) is 0 Å². The Morgan fingerprint density at radius 1 is 1.33 bits per heavy atom. The number of halogens is 5. The molecule has 1 aliphatic heterocycles. The van der Waals surface area contributed by atoms with Gasteiger partial charge in [0.1, 0.15) is 0 Å². The molecule has 1 aromatic rings. The minimum atomic E-state index is -4.38. The molecule has 1 amide bonds. The molecule has 2 heterocycles. The summed E-state index contributed by atoms with van der Waals surface area (Å²) >= 11 is 0. The summed E-state index contributed by atoms with van der Waals surface area (Å²) in [6.07, 6.45) is -2.39. The minimum Gasteiger partial charge on any atom is -0.340 e. The number of fused-ring (bicyclic) bond motifs is 1. The fraction of sp³-hybridized carbons (Fsp3) is 0.400. The van der Waals surface area contributed by atoms with Crippen LogP contribution >= 0.6 is 24.8 Å². The highest BCUT2D eigenvalue weighted by molar-refractivity contribution is 5.85. The minimum absolute atomic E-state index is 0. The third kappa shape index (κ3) is 3.49. The predicted molar refractivity (Wildman–Crippen MR) is 63.9 cm³/mol. The zero-order valence-electron chi connectivity index (χ0n) is 9.11. The fourth-order valence-electron chi connectivity index (χ4n) is 1.69. The maximum atomic E-state index is 12.4. The molecule has 3 nitrogen and oxygen atoms in total. The SMILES string of the molecule is Cl.Cl.O=CN1CCc2ncc(C(F)(F)F)cc2C1. The maximum Gasteiger partial charge on any atom is 0.417 e. The number of pyridine rings is 1. The average molecular weight is 303 g/mol. The van der Waals surface area contributed by atoms with E-state index in [1.165, 1.54) is 4.90 Å². The Kier molecular flexibility index (Phi) is 5.89. The lowest BCUT2D eigenvalue weighted by molar-refractivity contribution is -0.137. The van der Waals surface area contributed by atoms with E-state index in [4.69, 9.17) is 0 Å². The molecule has 102 valence electrons. The Morgan fingerprint density at radius 2 is 2.00 bits per heavy atom. The van der Waals surface area contributed by atoms with Crippen LogP contribution in [0.25, 0.3) is 0 Å². The second kappa shape index (κ2) is 6.24. The summed E-state index contributed by atoms with van der Waals surface area (Å²) in [6.45, 7) is 0.713. The van der Waals surface area contributed by atoms with Gasteiger partial charge in [0.15, 0.2) is 0 Å². The van der Waals surface area contributed by atoms with E-state index >= 15 is 0 Å². The first-order valence-corrected chi connectivity index (χ1v) is 4.75. The molecule has 1 aliphatic rings. The van der Waals surface area contributed by atoms with E-state index < -0.39 is 11.7 Å². The molecule has 0 radical (unpaired) electrons. The number of alkyl halides is 3. The quantitative estimate of drug-likeness (QED) is 0.747. The van der Waals surface area contributed by atoms with E-state index in [-0.39, 0.29) is 31.4 Å². The molecule has 0 fully saturated rings. The highest BCUT2D eigenvalue weighted by Gasteiger charge is 2.32. The average Bonchev–Trinajstić information content (AvgIpc) is 2.26. The summed E-state index contributed by atoms with van der Waals surface area (Å²) in [4.78, 5) is 15.8. The van der Waals surface area contributed by atoms with Crippen LogP contribution in [0.3, 0.4) is 0 Å². The monoisotopic (exact) mass is 302 g/mol. The predicted octanol–water partition coefficient (Wildman–Crippen LogP) is 2.46. The number of carbonyl (C=O) groups excluding carboxylic acids is 1. The van der Waals surface area contributed by atoms with Crippen LogP contribution in [0.1, 0.15) is 16.8 Å². The summed E-state index contributed by atoms with van der Waals surface area (Å²) in [5.41, 5.74) is 0.360. The lowest BCUT2D eigenvalue weighted by Gasteiger charge is -2.25. The van der Waals surface area contributed by atoms with Gasteiger partial charge in [0.2, 0.25) is 6.41 Å². The molecule has 0 atom stereocenters. The van der Waals surface area contributed by atoms with Crippen molar-refractivity contribution in [1.82, 2.24) is 9.88 Å². The Labute approximate surface area is 114 Å². The second-order valence-corrected chi connectivity index (χ2v) is 3.65. The van der Waals surface area contributed by atoms with Crippen molar-refractivity contribution in [2.75, 3.05) is 6.54 Å². The van der Waals surface area contributed by atoms with Crippen molar-refractivity contribution in [2.24, 2.45) is 0 Å². The van der Waals surface area contributed by atoms with Crippen molar-refractivity contribution in [3.8, 4) is 0 Å². The molecule has 0 aliphatic carbocycles. The van der Waals surface area contributed by atoms with E-state index in [9.17, 15) is 18.0 Å². The second-order valence-electron chi connectivity index (χ2n) is 3.65. The van der Waals surface area contributed by atoms with Crippen LogP contribution in [-0.4, -0.2) is 22.8 Å². The van der Waals surface area contributed by atoms with Gasteiger partial charge in [0.25, 0.3) is 0 Å². The Balaban J connectivity index is 0.00000144. The van der Waals surface area contributed by atoms with Gasteiger partial charge in [-0.25, -0.2) is 0 Å². The zero-order chi connectivity index (χ0) is 11.8. The standard InChI is InChI=1S/C10H9F3N2O.2ClH/c11-10(12,13)8-3-7-5-15(6-16)2-1-9(7)14-4-8;;/h3-4,6H,1-2,5H2;2*1H.